The SMILES string of the molecule is CCCN1C(C)=NS(=O)(=O)c2cc(C(=O)Nc3cccc(C(F)(F)F)c3)ccc21. The monoisotopic (exact) mass is 425 g/mol. The van der Waals surface area contributed by atoms with Crippen LogP contribution in [0.1, 0.15) is 36.2 Å². The number of benzene rings is 2. The maximum absolute atomic E-state index is 12.8. The molecule has 1 aliphatic heterocycles. The zero-order valence-electron chi connectivity index (χ0n) is 15.6. The molecule has 29 heavy (non-hydrogen) atoms. The van der Waals surface area contributed by atoms with Crippen molar-refractivity contribution in [2.45, 2.75) is 31.3 Å². The number of amidine groups is 1. The average molecular weight is 425 g/mol. The van der Waals surface area contributed by atoms with Crippen molar-refractivity contribution < 1.29 is 26.4 Å². The molecule has 6 nitrogen and oxygen atoms in total. The third kappa shape index (κ3) is 4.26. The lowest BCUT2D eigenvalue weighted by Gasteiger charge is -2.29. The fourth-order valence-corrected chi connectivity index (χ4v) is 4.28. The van der Waals surface area contributed by atoms with Gasteiger partial charge in [-0.05, 0) is 49.7 Å². The highest BCUT2D eigenvalue weighted by Gasteiger charge is 2.31. The minimum absolute atomic E-state index is 0.00376. The maximum Gasteiger partial charge on any atom is 0.416 e. The van der Waals surface area contributed by atoms with E-state index in [2.05, 4.69) is 9.71 Å². The molecular formula is C19H18F3N3O3S. The molecule has 2 aromatic rings. The van der Waals surface area contributed by atoms with Crippen LogP contribution in [-0.2, 0) is 16.2 Å². The number of hydrogen-bond donors (Lipinski definition) is 1. The minimum Gasteiger partial charge on any atom is -0.328 e. The number of carbonyl (C=O) groups excluding carboxylic acids is 1. The van der Waals surface area contributed by atoms with Crippen LogP contribution in [0.5, 0.6) is 0 Å². The average Bonchev–Trinajstić information content (AvgIpc) is 2.64. The third-order valence-electron chi connectivity index (χ3n) is 4.33. The number of nitrogens with one attached hydrogen (secondary N) is 1. The summed E-state index contributed by atoms with van der Waals surface area (Å²) in [6.07, 6.45) is -3.79. The second kappa shape index (κ2) is 7.51. The molecule has 0 saturated carbocycles. The van der Waals surface area contributed by atoms with Crippen molar-refractivity contribution in [1.82, 2.24) is 0 Å². The molecule has 3 rings (SSSR count). The first kappa shape index (κ1) is 20.8. The number of amides is 1. The number of fused-ring (bicyclic) bond motifs is 1. The van der Waals surface area contributed by atoms with Crippen molar-refractivity contribution in [3.05, 3.63) is 53.6 Å². The Labute approximate surface area is 166 Å². The number of hydrogen-bond acceptors (Lipinski definition) is 4. The molecule has 154 valence electrons. The summed E-state index contributed by atoms with van der Waals surface area (Å²) in [7, 11) is -3.98. The smallest absolute Gasteiger partial charge is 0.328 e. The second-order valence-corrected chi connectivity index (χ2v) is 8.05. The van der Waals surface area contributed by atoms with E-state index in [0.717, 1.165) is 18.6 Å². The van der Waals surface area contributed by atoms with Gasteiger partial charge in [-0.1, -0.05) is 13.0 Å². The van der Waals surface area contributed by atoms with Crippen molar-refractivity contribution in [2.24, 2.45) is 4.40 Å². The highest BCUT2D eigenvalue weighted by atomic mass is 32.2. The molecule has 0 unspecified atom stereocenters. The van der Waals surface area contributed by atoms with Crippen LogP contribution < -0.4 is 10.2 Å². The van der Waals surface area contributed by atoms with Gasteiger partial charge in [-0.3, -0.25) is 4.79 Å². The largest absolute Gasteiger partial charge is 0.416 e. The quantitative estimate of drug-likeness (QED) is 0.793. The van der Waals surface area contributed by atoms with E-state index in [4.69, 9.17) is 0 Å². The van der Waals surface area contributed by atoms with Gasteiger partial charge in [0.15, 0.2) is 0 Å². The first-order chi connectivity index (χ1) is 13.5. The lowest BCUT2D eigenvalue weighted by molar-refractivity contribution is -0.137. The first-order valence-electron chi connectivity index (χ1n) is 8.74. The van der Waals surface area contributed by atoms with E-state index < -0.39 is 27.7 Å². The van der Waals surface area contributed by atoms with Gasteiger partial charge in [0.1, 0.15) is 10.7 Å². The molecule has 0 fully saturated rings. The molecule has 0 radical (unpaired) electrons. The minimum atomic E-state index is -4.54. The number of anilines is 2. The topological polar surface area (TPSA) is 78.8 Å². The molecule has 0 bridgehead atoms. The predicted octanol–water partition coefficient (Wildman–Crippen LogP) is 4.29. The Kier molecular flexibility index (Phi) is 5.40. The molecule has 0 spiro atoms. The normalized spacial score (nSPS) is 15.5. The molecule has 2 aromatic carbocycles. The Bertz CT molecular complexity index is 1100. The van der Waals surface area contributed by atoms with Crippen molar-refractivity contribution in [1.29, 1.82) is 0 Å². The van der Waals surface area contributed by atoms with Crippen LogP contribution in [0.4, 0.5) is 24.5 Å². The van der Waals surface area contributed by atoms with E-state index in [1.165, 1.54) is 30.3 Å². The fourth-order valence-electron chi connectivity index (χ4n) is 3.01. The van der Waals surface area contributed by atoms with E-state index in [9.17, 15) is 26.4 Å². The Morgan fingerprint density at radius 3 is 2.55 bits per heavy atom. The lowest BCUT2D eigenvalue weighted by Crippen LogP contribution is -2.34. The molecular weight excluding hydrogens is 407 g/mol. The lowest BCUT2D eigenvalue weighted by atomic mass is 10.1. The molecule has 1 aliphatic rings. The predicted molar refractivity (Wildman–Crippen MR) is 104 cm³/mol. The van der Waals surface area contributed by atoms with Crippen LogP contribution in [0.2, 0.25) is 0 Å². The number of sulfonamides is 1. The molecule has 0 atom stereocenters. The summed E-state index contributed by atoms with van der Waals surface area (Å²) in [5.41, 5.74) is -0.541. The second-order valence-electron chi connectivity index (χ2n) is 6.48. The highest BCUT2D eigenvalue weighted by Crippen LogP contribution is 2.33. The number of rotatable bonds is 4. The van der Waals surface area contributed by atoms with E-state index in [-0.39, 0.29) is 16.1 Å². The van der Waals surface area contributed by atoms with Gasteiger partial charge in [0, 0.05) is 17.8 Å². The van der Waals surface area contributed by atoms with E-state index in [1.54, 1.807) is 11.8 Å². The summed E-state index contributed by atoms with van der Waals surface area (Å²) >= 11 is 0. The standard InChI is InChI=1S/C19H18F3N3O3S/c1-3-9-25-12(2)24-29(27,28)17-10-13(7-8-16(17)25)18(26)23-15-6-4-5-14(11-15)19(20,21)22/h4-8,10-11H,3,9H2,1-2H3,(H,23,26). The summed E-state index contributed by atoms with van der Waals surface area (Å²) in [6, 6.07) is 8.31. The van der Waals surface area contributed by atoms with Crippen molar-refractivity contribution in [3.63, 3.8) is 0 Å². The highest BCUT2D eigenvalue weighted by molar-refractivity contribution is 7.90. The molecule has 0 saturated heterocycles. The summed E-state index contributed by atoms with van der Waals surface area (Å²) in [4.78, 5) is 14.1. The van der Waals surface area contributed by atoms with Crippen molar-refractivity contribution >= 4 is 33.1 Å². The van der Waals surface area contributed by atoms with Crippen LogP contribution in [0.15, 0.2) is 51.8 Å². The number of alkyl halides is 3. The van der Waals surface area contributed by atoms with Gasteiger partial charge >= 0.3 is 6.18 Å². The third-order valence-corrected chi connectivity index (χ3v) is 5.72. The van der Waals surface area contributed by atoms with Gasteiger partial charge in [-0.15, -0.1) is 4.40 Å². The van der Waals surface area contributed by atoms with Crippen LogP contribution in [0.25, 0.3) is 0 Å². The Morgan fingerprint density at radius 1 is 1.17 bits per heavy atom. The van der Waals surface area contributed by atoms with Crippen molar-refractivity contribution in [2.75, 3.05) is 16.8 Å². The summed E-state index contributed by atoms with van der Waals surface area (Å²) in [6.45, 7) is 4.07. The zero-order valence-corrected chi connectivity index (χ0v) is 16.4. The number of carbonyl (C=O) groups is 1. The van der Waals surface area contributed by atoms with E-state index >= 15 is 0 Å². The molecule has 0 aromatic heterocycles. The van der Waals surface area contributed by atoms with Crippen LogP contribution >= 0.6 is 0 Å². The fraction of sp³-hybridized carbons (Fsp3) is 0.263. The summed E-state index contributed by atoms with van der Waals surface area (Å²) in [5.74, 6) is -0.392. The van der Waals surface area contributed by atoms with Gasteiger partial charge in [-0.2, -0.15) is 21.6 Å². The van der Waals surface area contributed by atoms with Crippen LogP contribution in [0.3, 0.4) is 0 Å². The summed E-state index contributed by atoms with van der Waals surface area (Å²) < 4.78 is 67.1. The van der Waals surface area contributed by atoms with Crippen LogP contribution in [0, 0.1) is 0 Å². The molecule has 1 N–H and O–H groups in total. The Balaban J connectivity index is 1.94. The van der Waals surface area contributed by atoms with Gasteiger partial charge in [0.2, 0.25) is 0 Å². The van der Waals surface area contributed by atoms with Crippen molar-refractivity contribution in [3.8, 4) is 0 Å². The maximum atomic E-state index is 12.8. The number of halogens is 3. The van der Waals surface area contributed by atoms with E-state index in [0.29, 0.717) is 18.1 Å². The summed E-state index contributed by atoms with van der Waals surface area (Å²) in [5, 5.41) is 2.37. The molecule has 1 amide bonds. The van der Waals surface area contributed by atoms with Crippen LogP contribution in [-0.4, -0.2) is 26.7 Å². The van der Waals surface area contributed by atoms with E-state index in [1.807, 2.05) is 6.92 Å². The van der Waals surface area contributed by atoms with Gasteiger partial charge in [-0.25, -0.2) is 0 Å². The first-order valence-corrected chi connectivity index (χ1v) is 10.2. The van der Waals surface area contributed by atoms with Gasteiger partial charge in [0.05, 0.1) is 11.3 Å². The Morgan fingerprint density at radius 2 is 1.90 bits per heavy atom. The molecule has 10 heteroatoms. The Hall–Kier alpha value is -2.88. The van der Waals surface area contributed by atoms with Gasteiger partial charge in [0.25, 0.3) is 15.9 Å². The number of nitrogens with zero attached hydrogens (tertiary/aromatic N) is 2. The molecule has 0 aliphatic carbocycles. The molecule has 1 heterocycles. The van der Waals surface area contributed by atoms with Gasteiger partial charge < -0.3 is 10.2 Å². The zero-order chi connectivity index (χ0) is 21.4.